The number of aromatic nitrogens is 2. The van der Waals surface area contributed by atoms with Gasteiger partial charge in [-0.05, 0) is 19.8 Å². The third-order valence-electron chi connectivity index (χ3n) is 2.43. The van der Waals surface area contributed by atoms with Crippen molar-refractivity contribution in [1.29, 1.82) is 0 Å². The summed E-state index contributed by atoms with van der Waals surface area (Å²) < 4.78 is 1.83. The van der Waals surface area contributed by atoms with Crippen LogP contribution in [0.5, 0.6) is 0 Å². The van der Waals surface area contributed by atoms with Gasteiger partial charge in [0.25, 0.3) is 0 Å². The minimum absolute atomic E-state index is 0.0644. The average Bonchev–Trinajstić information content (AvgIpc) is 2.60. The molecule has 15 heavy (non-hydrogen) atoms. The van der Waals surface area contributed by atoms with Crippen LogP contribution in [-0.4, -0.2) is 9.78 Å². The molecule has 82 valence electrons. The molecule has 0 saturated heterocycles. The molecule has 0 bridgehead atoms. The predicted octanol–water partition coefficient (Wildman–Crippen LogP) is 1.79. The highest BCUT2D eigenvalue weighted by Gasteiger charge is 2.12. The van der Waals surface area contributed by atoms with E-state index in [0.29, 0.717) is 0 Å². The number of nitrogens with two attached hydrogens (primary N) is 1. The van der Waals surface area contributed by atoms with E-state index in [0.717, 1.165) is 30.5 Å². The van der Waals surface area contributed by atoms with Crippen molar-refractivity contribution in [3.05, 3.63) is 17.5 Å². The second kappa shape index (κ2) is 5.57. The van der Waals surface area contributed by atoms with Gasteiger partial charge in [0.1, 0.15) is 0 Å². The van der Waals surface area contributed by atoms with Crippen LogP contribution >= 0.6 is 0 Å². The summed E-state index contributed by atoms with van der Waals surface area (Å²) in [5, 5.41) is 4.38. The van der Waals surface area contributed by atoms with E-state index in [1.165, 1.54) is 0 Å². The van der Waals surface area contributed by atoms with Crippen molar-refractivity contribution >= 4 is 0 Å². The number of hydrogen-bond acceptors (Lipinski definition) is 2. The largest absolute Gasteiger partial charge is 0.324 e. The molecule has 1 aromatic rings. The molecule has 2 N–H and O–H groups in total. The molecule has 1 rings (SSSR count). The lowest BCUT2D eigenvalue weighted by atomic mass is 10.0. The van der Waals surface area contributed by atoms with Gasteiger partial charge < -0.3 is 5.73 Å². The molecule has 0 amide bonds. The molecule has 1 atom stereocenters. The van der Waals surface area contributed by atoms with Crippen LogP contribution in [0.3, 0.4) is 0 Å². The third kappa shape index (κ3) is 3.10. The van der Waals surface area contributed by atoms with Crippen molar-refractivity contribution < 1.29 is 0 Å². The first-order chi connectivity index (χ1) is 7.19. The topological polar surface area (TPSA) is 43.8 Å². The van der Waals surface area contributed by atoms with Crippen LogP contribution in [0.4, 0.5) is 0 Å². The van der Waals surface area contributed by atoms with Crippen LogP contribution in [0.15, 0.2) is 6.20 Å². The lowest BCUT2D eigenvalue weighted by Gasteiger charge is -2.08. The van der Waals surface area contributed by atoms with Crippen molar-refractivity contribution in [2.75, 3.05) is 0 Å². The molecular weight excluding hydrogens is 186 g/mol. The molecule has 0 spiro atoms. The van der Waals surface area contributed by atoms with E-state index in [1.54, 1.807) is 0 Å². The zero-order valence-electron chi connectivity index (χ0n) is 9.75. The molecule has 0 aliphatic rings. The maximum atomic E-state index is 6.10. The summed E-state index contributed by atoms with van der Waals surface area (Å²) >= 11 is 0. The Morgan fingerprint density at radius 2 is 2.33 bits per heavy atom. The second-order valence-corrected chi connectivity index (χ2v) is 3.63. The molecule has 0 fully saturated rings. The van der Waals surface area contributed by atoms with Gasteiger partial charge in [0.05, 0.1) is 5.69 Å². The van der Waals surface area contributed by atoms with E-state index in [-0.39, 0.29) is 6.04 Å². The van der Waals surface area contributed by atoms with Gasteiger partial charge in [0, 0.05) is 31.3 Å². The third-order valence-corrected chi connectivity index (χ3v) is 2.43. The van der Waals surface area contributed by atoms with Crippen LogP contribution in [0.2, 0.25) is 0 Å². The summed E-state index contributed by atoms with van der Waals surface area (Å²) in [7, 11) is 1.93. The number of nitrogens with zero attached hydrogens (tertiary/aromatic N) is 2. The van der Waals surface area contributed by atoms with Gasteiger partial charge in [-0.3, -0.25) is 4.68 Å². The fourth-order valence-electron chi connectivity index (χ4n) is 1.65. The Labute approximate surface area is 91.7 Å². The standard InChI is InChI=1S/C12H19N3/c1-4-6-7-8-11(13)10-9-15(3)14-12(10)5-2/h9,11H,5,7-8,13H2,1-3H3. The zero-order chi connectivity index (χ0) is 11.3. The first-order valence-corrected chi connectivity index (χ1v) is 5.36. The van der Waals surface area contributed by atoms with Crippen LogP contribution < -0.4 is 5.73 Å². The fraction of sp³-hybridized carbons (Fsp3) is 0.583. The lowest BCUT2D eigenvalue weighted by Crippen LogP contribution is -2.11. The summed E-state index contributed by atoms with van der Waals surface area (Å²) in [6.45, 7) is 3.96. The Morgan fingerprint density at radius 1 is 1.60 bits per heavy atom. The van der Waals surface area contributed by atoms with E-state index in [9.17, 15) is 0 Å². The first kappa shape index (κ1) is 11.8. The maximum absolute atomic E-state index is 6.10. The van der Waals surface area contributed by atoms with Gasteiger partial charge in [-0.2, -0.15) is 5.10 Å². The van der Waals surface area contributed by atoms with Gasteiger partial charge in [0.2, 0.25) is 0 Å². The highest BCUT2D eigenvalue weighted by Crippen LogP contribution is 2.19. The molecule has 0 aliphatic heterocycles. The first-order valence-electron chi connectivity index (χ1n) is 5.36. The number of rotatable bonds is 4. The molecule has 3 nitrogen and oxygen atoms in total. The van der Waals surface area contributed by atoms with Crippen LogP contribution in [0.1, 0.15) is 44.0 Å². The SMILES string of the molecule is CC#CCCC(N)c1cn(C)nc1CC. The zero-order valence-corrected chi connectivity index (χ0v) is 9.75. The Hall–Kier alpha value is -1.27. The lowest BCUT2D eigenvalue weighted by molar-refractivity contribution is 0.660. The minimum atomic E-state index is 0.0644. The quantitative estimate of drug-likeness (QED) is 0.761. The Balaban J connectivity index is 2.70. The summed E-state index contributed by atoms with van der Waals surface area (Å²) in [6.07, 6.45) is 4.71. The smallest absolute Gasteiger partial charge is 0.0669 e. The number of aryl methyl sites for hydroxylation is 2. The number of hydrogen-bond donors (Lipinski definition) is 1. The van der Waals surface area contributed by atoms with Crippen molar-refractivity contribution in [1.82, 2.24) is 9.78 Å². The van der Waals surface area contributed by atoms with Crippen LogP contribution in [0.25, 0.3) is 0 Å². The molecule has 0 radical (unpaired) electrons. The molecule has 0 saturated carbocycles. The molecule has 0 aliphatic carbocycles. The van der Waals surface area contributed by atoms with E-state index in [1.807, 2.05) is 24.9 Å². The van der Waals surface area contributed by atoms with Gasteiger partial charge >= 0.3 is 0 Å². The van der Waals surface area contributed by atoms with Crippen LogP contribution in [-0.2, 0) is 13.5 Å². The Bertz CT molecular complexity index is 368. The predicted molar refractivity (Wildman–Crippen MR) is 62.2 cm³/mol. The minimum Gasteiger partial charge on any atom is -0.324 e. The van der Waals surface area contributed by atoms with Crippen molar-refractivity contribution in [3.8, 4) is 11.8 Å². The average molecular weight is 205 g/mol. The Kier molecular flexibility index (Phi) is 4.38. The van der Waals surface area contributed by atoms with E-state index in [4.69, 9.17) is 5.73 Å². The van der Waals surface area contributed by atoms with E-state index in [2.05, 4.69) is 23.9 Å². The molecule has 1 heterocycles. The fourth-order valence-corrected chi connectivity index (χ4v) is 1.65. The van der Waals surface area contributed by atoms with Gasteiger partial charge in [-0.1, -0.05) is 6.92 Å². The summed E-state index contributed by atoms with van der Waals surface area (Å²) in [4.78, 5) is 0. The highest BCUT2D eigenvalue weighted by atomic mass is 15.3. The Morgan fingerprint density at radius 3 is 2.93 bits per heavy atom. The van der Waals surface area contributed by atoms with Gasteiger partial charge in [-0.15, -0.1) is 11.8 Å². The van der Waals surface area contributed by atoms with Crippen LogP contribution in [0, 0.1) is 11.8 Å². The van der Waals surface area contributed by atoms with Crippen molar-refractivity contribution in [2.24, 2.45) is 12.8 Å². The van der Waals surface area contributed by atoms with Gasteiger partial charge in [0.15, 0.2) is 0 Å². The molecule has 3 heteroatoms. The van der Waals surface area contributed by atoms with E-state index < -0.39 is 0 Å². The summed E-state index contributed by atoms with van der Waals surface area (Å²) in [5.41, 5.74) is 8.38. The normalized spacial score (nSPS) is 12.0. The van der Waals surface area contributed by atoms with E-state index >= 15 is 0 Å². The molecule has 1 aromatic heterocycles. The summed E-state index contributed by atoms with van der Waals surface area (Å²) in [6, 6.07) is 0.0644. The van der Waals surface area contributed by atoms with Crippen molar-refractivity contribution in [3.63, 3.8) is 0 Å². The highest BCUT2D eigenvalue weighted by molar-refractivity contribution is 5.21. The van der Waals surface area contributed by atoms with Gasteiger partial charge in [-0.25, -0.2) is 0 Å². The molecular formula is C12H19N3. The summed E-state index contributed by atoms with van der Waals surface area (Å²) in [5.74, 6) is 5.92. The monoisotopic (exact) mass is 205 g/mol. The van der Waals surface area contributed by atoms with Crippen molar-refractivity contribution in [2.45, 2.75) is 39.2 Å². The maximum Gasteiger partial charge on any atom is 0.0669 e. The molecule has 1 unspecified atom stereocenters. The molecule has 0 aromatic carbocycles. The second-order valence-electron chi connectivity index (χ2n) is 3.63.